The van der Waals surface area contributed by atoms with Crippen LogP contribution < -0.4 is 0 Å². The summed E-state index contributed by atoms with van der Waals surface area (Å²) in [5.74, 6) is 0. The maximum atomic E-state index is 12.4. The number of piperazine rings is 1. The fourth-order valence-corrected chi connectivity index (χ4v) is 3.20. The number of hydrogen-bond acceptors (Lipinski definition) is 2. The molecule has 0 N–H and O–H groups in total. The van der Waals surface area contributed by atoms with Gasteiger partial charge in [0.05, 0.1) is 0 Å². The highest BCUT2D eigenvalue weighted by Gasteiger charge is 2.30. The molecule has 0 radical (unpaired) electrons. The maximum Gasteiger partial charge on any atom is 0.320 e. The van der Waals surface area contributed by atoms with Crippen LogP contribution in [-0.4, -0.2) is 65.5 Å². The minimum absolute atomic E-state index is 0.268. The first-order valence-electron chi connectivity index (χ1n) is 7.39. The van der Waals surface area contributed by atoms with Crippen LogP contribution in [0.25, 0.3) is 0 Å². The number of hydrogen-bond donors (Lipinski definition) is 0. The van der Waals surface area contributed by atoms with E-state index in [1.807, 2.05) is 4.90 Å². The lowest BCUT2D eigenvalue weighted by Gasteiger charge is -2.43. The van der Waals surface area contributed by atoms with Crippen LogP contribution in [0.15, 0.2) is 0 Å². The van der Waals surface area contributed by atoms with Gasteiger partial charge in [0.25, 0.3) is 0 Å². The third kappa shape index (κ3) is 2.97. The second kappa shape index (κ2) is 5.91. The van der Waals surface area contributed by atoms with Crippen LogP contribution >= 0.6 is 0 Å². The van der Waals surface area contributed by atoms with Crippen LogP contribution in [0.3, 0.4) is 0 Å². The van der Waals surface area contributed by atoms with E-state index >= 15 is 0 Å². The van der Waals surface area contributed by atoms with E-state index < -0.39 is 0 Å². The lowest BCUT2D eigenvalue weighted by atomic mass is 10.1. The first kappa shape index (κ1) is 13.7. The van der Waals surface area contributed by atoms with Crippen molar-refractivity contribution < 1.29 is 4.79 Å². The fourth-order valence-electron chi connectivity index (χ4n) is 3.20. The molecule has 4 nitrogen and oxygen atoms in total. The molecule has 18 heavy (non-hydrogen) atoms. The van der Waals surface area contributed by atoms with Gasteiger partial charge < -0.3 is 9.80 Å². The Bertz CT molecular complexity index is 287. The van der Waals surface area contributed by atoms with Gasteiger partial charge in [-0.05, 0) is 40.0 Å². The first-order valence-corrected chi connectivity index (χ1v) is 7.39. The second-order valence-electron chi connectivity index (χ2n) is 5.96. The number of urea groups is 1. The van der Waals surface area contributed by atoms with E-state index in [0.29, 0.717) is 12.1 Å². The van der Waals surface area contributed by atoms with Crippen LogP contribution in [0.2, 0.25) is 0 Å². The maximum absolute atomic E-state index is 12.4. The molecule has 0 bridgehead atoms. The Hall–Kier alpha value is -0.770. The minimum atomic E-state index is 0.268. The van der Waals surface area contributed by atoms with Crippen LogP contribution in [0.5, 0.6) is 0 Å². The number of piperidine rings is 1. The summed E-state index contributed by atoms with van der Waals surface area (Å²) in [5.41, 5.74) is 0. The highest BCUT2D eigenvalue weighted by Crippen LogP contribution is 2.16. The third-order valence-electron chi connectivity index (χ3n) is 4.24. The topological polar surface area (TPSA) is 26.8 Å². The van der Waals surface area contributed by atoms with Crippen molar-refractivity contribution in [3.63, 3.8) is 0 Å². The molecule has 0 aliphatic carbocycles. The third-order valence-corrected chi connectivity index (χ3v) is 4.24. The predicted molar refractivity (Wildman–Crippen MR) is 73.7 cm³/mol. The van der Waals surface area contributed by atoms with Crippen molar-refractivity contribution in [2.45, 2.75) is 52.1 Å². The van der Waals surface area contributed by atoms with Crippen molar-refractivity contribution in [1.29, 1.82) is 0 Å². The Kier molecular flexibility index (Phi) is 4.49. The molecule has 0 aromatic carbocycles. The molecule has 2 rings (SSSR count). The molecule has 2 aliphatic rings. The highest BCUT2D eigenvalue weighted by atomic mass is 16.2. The molecule has 1 atom stereocenters. The summed E-state index contributed by atoms with van der Waals surface area (Å²) >= 11 is 0. The molecule has 2 aliphatic heterocycles. The molecule has 0 saturated carbocycles. The number of carbonyl (C=O) groups is 1. The van der Waals surface area contributed by atoms with Crippen molar-refractivity contribution in [1.82, 2.24) is 14.7 Å². The van der Waals surface area contributed by atoms with Crippen molar-refractivity contribution in [3.05, 3.63) is 0 Å². The Labute approximate surface area is 111 Å². The Balaban J connectivity index is 1.89. The molecular formula is C14H27N3O. The van der Waals surface area contributed by atoms with E-state index in [1.54, 1.807) is 0 Å². The van der Waals surface area contributed by atoms with E-state index in [2.05, 4.69) is 30.6 Å². The average Bonchev–Trinajstić information content (AvgIpc) is 2.38. The van der Waals surface area contributed by atoms with Crippen molar-refractivity contribution in [2.24, 2.45) is 0 Å². The van der Waals surface area contributed by atoms with Gasteiger partial charge in [-0.2, -0.15) is 0 Å². The molecular weight excluding hydrogens is 226 g/mol. The van der Waals surface area contributed by atoms with Crippen LogP contribution in [-0.2, 0) is 0 Å². The average molecular weight is 253 g/mol. The molecule has 0 aromatic rings. The van der Waals surface area contributed by atoms with Gasteiger partial charge in [-0.15, -0.1) is 0 Å². The number of carbonyl (C=O) groups excluding carboxylic acids is 1. The molecule has 0 aromatic heterocycles. The predicted octanol–water partition coefficient (Wildman–Crippen LogP) is 2.01. The van der Waals surface area contributed by atoms with E-state index in [1.165, 1.54) is 19.3 Å². The molecule has 2 amide bonds. The number of nitrogens with zero attached hydrogens (tertiary/aromatic N) is 3. The number of amides is 2. The van der Waals surface area contributed by atoms with Gasteiger partial charge in [0.15, 0.2) is 0 Å². The first-order chi connectivity index (χ1) is 8.59. The summed E-state index contributed by atoms with van der Waals surface area (Å²) in [6.07, 6.45) is 3.63. The molecule has 0 unspecified atom stereocenters. The monoisotopic (exact) mass is 253 g/mol. The lowest BCUT2D eigenvalue weighted by Crippen LogP contribution is -2.58. The molecule has 2 heterocycles. The highest BCUT2D eigenvalue weighted by molar-refractivity contribution is 5.74. The Morgan fingerprint density at radius 2 is 1.67 bits per heavy atom. The molecule has 104 valence electrons. The zero-order valence-electron chi connectivity index (χ0n) is 12.1. The van der Waals surface area contributed by atoms with Crippen LogP contribution in [0.4, 0.5) is 4.79 Å². The van der Waals surface area contributed by atoms with Gasteiger partial charge in [-0.3, -0.25) is 4.90 Å². The second-order valence-corrected chi connectivity index (χ2v) is 5.96. The molecule has 0 spiro atoms. The number of likely N-dealkylation sites (tertiary alicyclic amines) is 1. The minimum Gasteiger partial charge on any atom is -0.325 e. The van der Waals surface area contributed by atoms with Gasteiger partial charge in [-0.1, -0.05) is 0 Å². The van der Waals surface area contributed by atoms with Gasteiger partial charge in [0.2, 0.25) is 0 Å². The fraction of sp³-hybridized carbons (Fsp3) is 0.929. The SMILES string of the molecule is CC(C)N1CCN(C(=O)N2CCCCC2)C[C@@H]1C. The summed E-state index contributed by atoms with van der Waals surface area (Å²) < 4.78 is 0. The van der Waals surface area contributed by atoms with E-state index in [4.69, 9.17) is 0 Å². The number of rotatable bonds is 1. The van der Waals surface area contributed by atoms with E-state index in [-0.39, 0.29) is 6.03 Å². The summed E-state index contributed by atoms with van der Waals surface area (Å²) in [5, 5.41) is 0. The quantitative estimate of drug-likeness (QED) is 0.714. The van der Waals surface area contributed by atoms with Crippen LogP contribution in [0, 0.1) is 0 Å². The van der Waals surface area contributed by atoms with Crippen molar-refractivity contribution >= 4 is 6.03 Å². The van der Waals surface area contributed by atoms with Gasteiger partial charge >= 0.3 is 6.03 Å². The zero-order chi connectivity index (χ0) is 13.1. The molecule has 2 fully saturated rings. The van der Waals surface area contributed by atoms with E-state index in [0.717, 1.165) is 32.7 Å². The van der Waals surface area contributed by atoms with Crippen molar-refractivity contribution in [2.75, 3.05) is 32.7 Å². The van der Waals surface area contributed by atoms with E-state index in [9.17, 15) is 4.79 Å². The largest absolute Gasteiger partial charge is 0.325 e. The smallest absolute Gasteiger partial charge is 0.320 e. The molecule has 4 heteroatoms. The summed E-state index contributed by atoms with van der Waals surface area (Å²) in [7, 11) is 0. The van der Waals surface area contributed by atoms with Crippen LogP contribution in [0.1, 0.15) is 40.0 Å². The standard InChI is InChI=1S/C14H27N3O/c1-12(2)17-10-9-16(11-13(17)3)14(18)15-7-5-4-6-8-15/h12-13H,4-11H2,1-3H3/t13-/m0/s1. The van der Waals surface area contributed by atoms with Gasteiger partial charge in [0.1, 0.15) is 0 Å². The zero-order valence-corrected chi connectivity index (χ0v) is 12.1. The normalized spacial score (nSPS) is 26.8. The summed E-state index contributed by atoms with van der Waals surface area (Å²) in [4.78, 5) is 19.0. The van der Waals surface area contributed by atoms with Crippen molar-refractivity contribution in [3.8, 4) is 0 Å². The Morgan fingerprint density at radius 1 is 1.00 bits per heavy atom. The lowest BCUT2D eigenvalue weighted by molar-refractivity contribution is 0.0605. The Morgan fingerprint density at radius 3 is 2.22 bits per heavy atom. The summed E-state index contributed by atoms with van der Waals surface area (Å²) in [6, 6.07) is 1.32. The van der Waals surface area contributed by atoms with Gasteiger partial charge in [-0.25, -0.2) is 4.79 Å². The van der Waals surface area contributed by atoms with Gasteiger partial charge in [0, 0.05) is 44.8 Å². The summed E-state index contributed by atoms with van der Waals surface area (Å²) in [6.45, 7) is 11.4. The molecule has 2 saturated heterocycles.